The van der Waals surface area contributed by atoms with Gasteiger partial charge in [0.05, 0.1) is 11.7 Å². The fourth-order valence-corrected chi connectivity index (χ4v) is 6.97. The molecular weight excluding hydrogens is 556 g/mol. The van der Waals surface area contributed by atoms with E-state index >= 15 is 0 Å². The number of benzene rings is 6. The van der Waals surface area contributed by atoms with E-state index in [9.17, 15) is 0 Å². The van der Waals surface area contributed by atoms with Crippen LogP contribution in [-0.4, -0.2) is 0 Å². The number of hydrogen-bond acceptors (Lipinski definition) is 2. The van der Waals surface area contributed by atoms with E-state index in [4.69, 9.17) is 0 Å². The van der Waals surface area contributed by atoms with Crippen molar-refractivity contribution in [1.82, 2.24) is 0 Å². The number of anilines is 4. The first-order chi connectivity index (χ1) is 22.8. The molecule has 0 spiro atoms. The van der Waals surface area contributed by atoms with E-state index in [1.54, 1.807) is 0 Å². The number of allylic oxidation sites excluding steroid dienone is 3. The van der Waals surface area contributed by atoms with Crippen molar-refractivity contribution in [2.75, 3.05) is 9.80 Å². The molecule has 8 rings (SSSR count). The highest BCUT2D eigenvalue weighted by atomic mass is 15.2. The number of hydrogen-bond donors (Lipinski definition) is 0. The third-order valence-electron chi connectivity index (χ3n) is 9.20. The second-order valence-electron chi connectivity index (χ2n) is 12.0. The lowest BCUT2D eigenvalue weighted by atomic mass is 9.90. The molecule has 2 aliphatic rings. The molecule has 1 atom stereocenters. The van der Waals surface area contributed by atoms with Gasteiger partial charge in [0, 0.05) is 28.1 Å². The molecule has 0 bridgehead atoms. The normalized spacial score (nSPS) is 15.3. The second kappa shape index (κ2) is 12.4. The highest BCUT2D eigenvalue weighted by molar-refractivity contribution is 5.99. The largest absolute Gasteiger partial charge is 0.334 e. The zero-order valence-electron chi connectivity index (χ0n) is 25.8. The SMILES string of the molecule is C1=CC(N(c2ccc(-c3ccc(N(c4ccccc4)c4cccc5ccccc45)cc3)cc2)C2CC=Cc3ccccc32)=CCC1. The molecule has 2 nitrogen and oxygen atoms in total. The van der Waals surface area contributed by atoms with Crippen LogP contribution in [0.5, 0.6) is 0 Å². The Bertz CT molecular complexity index is 2060. The Morgan fingerprint density at radius 1 is 0.500 bits per heavy atom. The molecule has 0 N–H and O–H groups in total. The Balaban J connectivity index is 1.13. The van der Waals surface area contributed by atoms with Crippen molar-refractivity contribution in [1.29, 1.82) is 0 Å². The first-order valence-electron chi connectivity index (χ1n) is 16.3. The number of fused-ring (bicyclic) bond motifs is 2. The van der Waals surface area contributed by atoms with E-state index in [-0.39, 0.29) is 6.04 Å². The molecule has 0 aromatic heterocycles. The summed E-state index contributed by atoms with van der Waals surface area (Å²) in [5.74, 6) is 0. The summed E-state index contributed by atoms with van der Waals surface area (Å²) in [6.45, 7) is 0. The molecular formula is C44H36N2. The van der Waals surface area contributed by atoms with Crippen LogP contribution in [0.2, 0.25) is 0 Å². The Labute approximate surface area is 271 Å². The first-order valence-corrected chi connectivity index (χ1v) is 16.3. The molecule has 2 heteroatoms. The number of rotatable bonds is 7. The van der Waals surface area contributed by atoms with Crippen molar-refractivity contribution in [3.8, 4) is 11.1 Å². The van der Waals surface area contributed by atoms with E-state index in [0.717, 1.165) is 30.6 Å². The molecule has 0 heterocycles. The minimum Gasteiger partial charge on any atom is -0.334 e. The van der Waals surface area contributed by atoms with Crippen LogP contribution in [0.15, 0.2) is 176 Å². The minimum absolute atomic E-state index is 0.262. The van der Waals surface area contributed by atoms with Gasteiger partial charge in [0.25, 0.3) is 0 Å². The topological polar surface area (TPSA) is 6.48 Å². The van der Waals surface area contributed by atoms with E-state index < -0.39 is 0 Å². The monoisotopic (exact) mass is 592 g/mol. The van der Waals surface area contributed by atoms with Gasteiger partial charge < -0.3 is 9.80 Å². The van der Waals surface area contributed by atoms with Crippen LogP contribution in [0, 0.1) is 0 Å². The lowest BCUT2D eigenvalue weighted by Crippen LogP contribution is -2.29. The summed E-state index contributed by atoms with van der Waals surface area (Å²) in [4.78, 5) is 4.89. The van der Waals surface area contributed by atoms with Crippen molar-refractivity contribution >= 4 is 39.6 Å². The van der Waals surface area contributed by atoms with Crippen LogP contribution < -0.4 is 9.80 Å². The lowest BCUT2D eigenvalue weighted by Gasteiger charge is -2.37. The predicted molar refractivity (Wildman–Crippen MR) is 196 cm³/mol. The summed E-state index contributed by atoms with van der Waals surface area (Å²) in [7, 11) is 0. The minimum atomic E-state index is 0.262. The smallest absolute Gasteiger partial charge is 0.0631 e. The fraction of sp³-hybridized carbons (Fsp3) is 0.0909. The molecule has 2 aliphatic carbocycles. The standard InChI is InChI=1S/C44H36N2/c1-3-17-37(18-4-1)45(43-23-11-15-35-13-7-9-21-41(35)43)39-29-25-33(26-30-39)34-27-31-40(32-28-34)46(38-19-5-2-6-20-38)44-24-12-16-36-14-8-10-22-42(36)44/h1,3-5,7-23,25-32,44H,2,6,24H2. The molecule has 46 heavy (non-hydrogen) atoms. The van der Waals surface area contributed by atoms with Gasteiger partial charge in [0.2, 0.25) is 0 Å². The van der Waals surface area contributed by atoms with E-state index in [1.807, 2.05) is 0 Å². The fourth-order valence-electron chi connectivity index (χ4n) is 6.97. The average molecular weight is 593 g/mol. The molecule has 0 saturated heterocycles. The van der Waals surface area contributed by atoms with Crippen molar-refractivity contribution < 1.29 is 0 Å². The summed E-state index contributed by atoms with van der Waals surface area (Å²) < 4.78 is 0. The van der Waals surface area contributed by atoms with Crippen LogP contribution in [0.3, 0.4) is 0 Å². The maximum Gasteiger partial charge on any atom is 0.0631 e. The molecule has 0 fully saturated rings. The van der Waals surface area contributed by atoms with Gasteiger partial charge in [-0.3, -0.25) is 0 Å². The zero-order chi connectivity index (χ0) is 30.7. The molecule has 222 valence electrons. The van der Waals surface area contributed by atoms with E-state index in [2.05, 4.69) is 186 Å². The Hall–Kier alpha value is -5.60. The molecule has 0 aliphatic heterocycles. The quantitative estimate of drug-likeness (QED) is 0.182. The van der Waals surface area contributed by atoms with Gasteiger partial charge in [-0.1, -0.05) is 127 Å². The molecule has 0 saturated carbocycles. The summed E-state index contributed by atoms with van der Waals surface area (Å²) in [5, 5.41) is 2.47. The van der Waals surface area contributed by atoms with Gasteiger partial charge in [0.1, 0.15) is 0 Å². The Kier molecular flexibility index (Phi) is 7.54. The lowest BCUT2D eigenvalue weighted by molar-refractivity contribution is 0.679. The van der Waals surface area contributed by atoms with Crippen LogP contribution in [0.4, 0.5) is 22.7 Å². The second-order valence-corrected chi connectivity index (χ2v) is 12.0. The van der Waals surface area contributed by atoms with E-state index in [0.29, 0.717) is 0 Å². The summed E-state index contributed by atoms with van der Waals surface area (Å²) in [5.41, 5.74) is 11.1. The van der Waals surface area contributed by atoms with Gasteiger partial charge in [-0.2, -0.15) is 0 Å². The van der Waals surface area contributed by atoms with Gasteiger partial charge >= 0.3 is 0 Å². The summed E-state index contributed by atoms with van der Waals surface area (Å²) >= 11 is 0. The highest BCUT2D eigenvalue weighted by Gasteiger charge is 2.26. The Morgan fingerprint density at radius 3 is 1.96 bits per heavy atom. The zero-order valence-corrected chi connectivity index (χ0v) is 25.8. The van der Waals surface area contributed by atoms with Crippen LogP contribution >= 0.6 is 0 Å². The van der Waals surface area contributed by atoms with Gasteiger partial charge in [-0.05, 0) is 95.4 Å². The van der Waals surface area contributed by atoms with Gasteiger partial charge in [0.15, 0.2) is 0 Å². The number of nitrogens with zero attached hydrogens (tertiary/aromatic N) is 2. The first kappa shape index (κ1) is 27.9. The highest BCUT2D eigenvalue weighted by Crippen LogP contribution is 2.41. The van der Waals surface area contributed by atoms with Crippen molar-refractivity contribution in [2.24, 2.45) is 0 Å². The maximum atomic E-state index is 2.53. The molecule has 6 aromatic rings. The number of para-hydroxylation sites is 1. The van der Waals surface area contributed by atoms with Gasteiger partial charge in [-0.15, -0.1) is 0 Å². The molecule has 0 radical (unpaired) electrons. The average Bonchev–Trinajstić information content (AvgIpc) is 3.14. The molecule has 1 unspecified atom stereocenters. The third kappa shape index (κ3) is 5.33. The Morgan fingerprint density at radius 2 is 1.17 bits per heavy atom. The van der Waals surface area contributed by atoms with Crippen LogP contribution in [0.25, 0.3) is 28.0 Å². The summed E-state index contributed by atoms with van der Waals surface area (Å²) in [6.07, 6.45) is 14.7. The maximum absolute atomic E-state index is 2.53. The van der Waals surface area contributed by atoms with E-state index in [1.165, 1.54) is 50.1 Å². The summed E-state index contributed by atoms with van der Waals surface area (Å²) in [6, 6.07) is 53.0. The van der Waals surface area contributed by atoms with Crippen molar-refractivity contribution in [2.45, 2.75) is 25.3 Å². The van der Waals surface area contributed by atoms with Crippen LogP contribution in [-0.2, 0) is 0 Å². The van der Waals surface area contributed by atoms with Crippen molar-refractivity contribution in [3.05, 3.63) is 187 Å². The van der Waals surface area contributed by atoms with Crippen LogP contribution in [0.1, 0.15) is 36.4 Å². The third-order valence-corrected chi connectivity index (χ3v) is 9.20. The van der Waals surface area contributed by atoms with Gasteiger partial charge in [-0.25, -0.2) is 0 Å². The predicted octanol–water partition coefficient (Wildman–Crippen LogP) is 12.2. The molecule has 6 aromatic carbocycles. The molecule has 0 amide bonds. The van der Waals surface area contributed by atoms with Crippen molar-refractivity contribution in [3.63, 3.8) is 0 Å².